The third-order valence-corrected chi connectivity index (χ3v) is 12.0. The summed E-state index contributed by atoms with van der Waals surface area (Å²) in [7, 11) is 0. The third kappa shape index (κ3) is 7.07. The summed E-state index contributed by atoms with van der Waals surface area (Å²) in [5.41, 5.74) is 13.9. The minimum atomic E-state index is 0.516. The van der Waals surface area contributed by atoms with Crippen molar-refractivity contribution in [2.45, 2.75) is 12.8 Å². The predicted molar refractivity (Wildman–Crippen MR) is 264 cm³/mol. The number of allylic oxidation sites excluding steroid dienone is 2. The molecule has 0 saturated heterocycles. The largest absolute Gasteiger partial charge is 0.309 e. The maximum atomic E-state index is 5.07. The maximum Gasteiger partial charge on any atom is 0.161 e. The number of hydrogen-bond acceptors (Lipinski definition) is 2. The van der Waals surface area contributed by atoms with Crippen LogP contribution in [-0.2, 0) is 0 Å². The van der Waals surface area contributed by atoms with E-state index in [0.717, 1.165) is 68.8 Å². The first-order valence-electron chi connectivity index (χ1n) is 21.4. The molecule has 63 heavy (non-hydrogen) atoms. The van der Waals surface area contributed by atoms with Gasteiger partial charge in [-0.05, 0) is 96.9 Å². The second kappa shape index (κ2) is 16.3. The standard InChI is InChI=1S/C57H42N6/c1-58-56(40-18-7-3-8-19-40)61-57(60-38-39-16-5-2-6-17-39)44-32-33-59-51(35-44)43-29-31-50-48-25-12-14-27-53(48)63(55(50)37-43)46-23-15-20-41(34-46)42-28-30-49-47-24-11-13-26-52(47)62(54(49)36-42)45-21-9-4-10-22-45/h3-5,7-37H,1-2,6,38H2/b60-57-,61-56-. The van der Waals surface area contributed by atoms with Crippen molar-refractivity contribution < 1.29 is 0 Å². The van der Waals surface area contributed by atoms with E-state index in [9.17, 15) is 0 Å². The maximum absolute atomic E-state index is 5.07. The van der Waals surface area contributed by atoms with Crippen molar-refractivity contribution in [2.24, 2.45) is 15.0 Å². The molecule has 0 amide bonds. The number of hydrogen-bond donors (Lipinski definition) is 0. The van der Waals surface area contributed by atoms with E-state index in [1.807, 2.05) is 42.6 Å². The van der Waals surface area contributed by atoms with E-state index in [2.05, 4.69) is 185 Å². The monoisotopic (exact) mass is 810 g/mol. The van der Waals surface area contributed by atoms with Gasteiger partial charge in [-0.25, -0.2) is 9.98 Å². The van der Waals surface area contributed by atoms with E-state index in [0.29, 0.717) is 18.2 Å². The zero-order valence-corrected chi connectivity index (χ0v) is 34.6. The Morgan fingerprint density at radius 1 is 0.508 bits per heavy atom. The molecule has 10 aromatic rings. The number of pyridine rings is 1. The van der Waals surface area contributed by atoms with Crippen LogP contribution in [0.15, 0.2) is 227 Å². The summed E-state index contributed by atoms with van der Waals surface area (Å²) in [6.07, 6.45) is 10.5. The number of fused-ring (bicyclic) bond motifs is 6. The first kappa shape index (κ1) is 37.8. The summed E-state index contributed by atoms with van der Waals surface area (Å²) in [5.74, 6) is 1.10. The highest BCUT2D eigenvalue weighted by molar-refractivity contribution is 6.14. The van der Waals surface area contributed by atoms with Crippen molar-refractivity contribution in [3.05, 3.63) is 223 Å². The summed E-state index contributed by atoms with van der Waals surface area (Å²) >= 11 is 0. The van der Waals surface area contributed by atoms with Crippen LogP contribution in [0.4, 0.5) is 0 Å². The van der Waals surface area contributed by atoms with Gasteiger partial charge in [0.25, 0.3) is 0 Å². The van der Waals surface area contributed by atoms with Gasteiger partial charge >= 0.3 is 0 Å². The molecular formula is C57H42N6. The molecule has 6 heteroatoms. The zero-order valence-electron chi connectivity index (χ0n) is 34.6. The Kier molecular flexibility index (Phi) is 9.79. The molecule has 0 unspecified atom stereocenters. The van der Waals surface area contributed by atoms with Crippen LogP contribution in [0.25, 0.3) is 77.4 Å². The Morgan fingerprint density at radius 2 is 1.13 bits per heavy atom. The van der Waals surface area contributed by atoms with Gasteiger partial charge in [0.2, 0.25) is 0 Å². The number of rotatable bonds is 8. The molecule has 0 aliphatic heterocycles. The van der Waals surface area contributed by atoms with Gasteiger partial charge in [-0.3, -0.25) is 9.98 Å². The minimum absolute atomic E-state index is 0.516. The molecular weight excluding hydrogens is 769 g/mol. The van der Waals surface area contributed by atoms with Gasteiger partial charge in [-0.2, -0.15) is 0 Å². The summed E-state index contributed by atoms with van der Waals surface area (Å²) in [6, 6.07) is 64.3. The molecule has 3 heterocycles. The molecule has 0 bridgehead atoms. The number of benzene rings is 7. The van der Waals surface area contributed by atoms with Crippen molar-refractivity contribution >= 4 is 62.0 Å². The number of aliphatic imine (C=N–C) groups is 3. The summed E-state index contributed by atoms with van der Waals surface area (Å²) in [6.45, 7) is 4.38. The third-order valence-electron chi connectivity index (χ3n) is 12.0. The van der Waals surface area contributed by atoms with Crippen molar-refractivity contribution in [2.75, 3.05) is 6.54 Å². The van der Waals surface area contributed by atoms with Gasteiger partial charge < -0.3 is 9.13 Å². The quantitative estimate of drug-likeness (QED) is 0.111. The molecule has 11 rings (SSSR count). The average Bonchev–Trinajstić information content (AvgIpc) is 3.87. The van der Waals surface area contributed by atoms with Crippen molar-refractivity contribution in [3.8, 4) is 33.8 Å². The fourth-order valence-electron chi connectivity index (χ4n) is 8.99. The van der Waals surface area contributed by atoms with Crippen LogP contribution in [0.5, 0.6) is 0 Å². The van der Waals surface area contributed by atoms with E-state index in [1.54, 1.807) is 0 Å². The van der Waals surface area contributed by atoms with E-state index in [1.165, 1.54) is 38.2 Å². The highest BCUT2D eigenvalue weighted by atomic mass is 15.0. The molecule has 1 aliphatic carbocycles. The second-order valence-corrected chi connectivity index (χ2v) is 15.8. The van der Waals surface area contributed by atoms with Gasteiger partial charge in [0.05, 0.1) is 34.3 Å². The molecule has 1 aliphatic rings. The van der Waals surface area contributed by atoms with Crippen molar-refractivity contribution in [3.63, 3.8) is 0 Å². The number of amidine groups is 2. The first-order valence-corrected chi connectivity index (χ1v) is 21.4. The molecule has 7 aromatic carbocycles. The molecule has 0 saturated carbocycles. The van der Waals surface area contributed by atoms with Crippen LogP contribution in [0, 0.1) is 0 Å². The van der Waals surface area contributed by atoms with E-state index < -0.39 is 0 Å². The van der Waals surface area contributed by atoms with Crippen LogP contribution in [-0.4, -0.2) is 39.1 Å². The van der Waals surface area contributed by atoms with Crippen LogP contribution in [0.1, 0.15) is 24.0 Å². The predicted octanol–water partition coefficient (Wildman–Crippen LogP) is 13.8. The fourth-order valence-corrected chi connectivity index (χ4v) is 8.99. The Balaban J connectivity index is 1.02. The van der Waals surface area contributed by atoms with Crippen LogP contribution in [0.2, 0.25) is 0 Å². The summed E-state index contributed by atoms with van der Waals surface area (Å²) < 4.78 is 4.76. The van der Waals surface area contributed by atoms with E-state index in [-0.39, 0.29) is 0 Å². The van der Waals surface area contributed by atoms with Gasteiger partial charge in [-0.15, -0.1) is 0 Å². The normalized spacial score (nSPS) is 13.3. The molecule has 6 nitrogen and oxygen atoms in total. The van der Waals surface area contributed by atoms with Gasteiger partial charge in [0, 0.05) is 55.8 Å². The highest BCUT2D eigenvalue weighted by Crippen LogP contribution is 2.38. The smallest absolute Gasteiger partial charge is 0.161 e. The minimum Gasteiger partial charge on any atom is -0.309 e. The van der Waals surface area contributed by atoms with Gasteiger partial charge in [0.1, 0.15) is 0 Å². The number of nitrogens with zero attached hydrogens (tertiary/aromatic N) is 6. The molecule has 0 atom stereocenters. The molecule has 0 radical (unpaired) electrons. The van der Waals surface area contributed by atoms with Gasteiger partial charge in [0.15, 0.2) is 11.7 Å². The Bertz CT molecular complexity index is 3490. The molecule has 0 N–H and O–H groups in total. The molecule has 0 spiro atoms. The molecule has 0 fully saturated rings. The summed E-state index contributed by atoms with van der Waals surface area (Å²) in [4.78, 5) is 19.3. The van der Waals surface area contributed by atoms with Crippen LogP contribution >= 0.6 is 0 Å². The second-order valence-electron chi connectivity index (χ2n) is 15.8. The van der Waals surface area contributed by atoms with Crippen molar-refractivity contribution in [1.29, 1.82) is 0 Å². The first-order chi connectivity index (χ1) is 31.2. The van der Waals surface area contributed by atoms with Crippen molar-refractivity contribution in [1.82, 2.24) is 14.1 Å². The summed E-state index contributed by atoms with van der Waals surface area (Å²) in [5, 5.41) is 4.85. The average molecular weight is 811 g/mol. The van der Waals surface area contributed by atoms with Gasteiger partial charge in [-0.1, -0.05) is 140 Å². The molecule has 3 aromatic heterocycles. The lowest BCUT2D eigenvalue weighted by Crippen LogP contribution is -2.07. The topological polar surface area (TPSA) is 59.8 Å². The Hall–Kier alpha value is -8.22. The lowest BCUT2D eigenvalue weighted by Gasteiger charge is -2.12. The lowest BCUT2D eigenvalue weighted by atomic mass is 10.0. The molecule has 300 valence electrons. The Labute approximate surface area is 365 Å². The van der Waals surface area contributed by atoms with E-state index in [4.69, 9.17) is 15.0 Å². The van der Waals surface area contributed by atoms with Crippen LogP contribution in [0.3, 0.4) is 0 Å². The zero-order chi connectivity index (χ0) is 42.1. The number of para-hydroxylation sites is 3. The SMILES string of the molecule is C=N/C(=N\C(=N/CC1=CCCC=C1)c1ccnc(-c2ccc3c4ccccc4n(-c4cccc(-c5ccc6c7ccccc7n(-c7ccccc7)c6c5)c4)c3c2)c1)c1ccccc1. The van der Waals surface area contributed by atoms with E-state index >= 15 is 0 Å². The number of aromatic nitrogens is 3. The van der Waals surface area contributed by atoms with Crippen LogP contribution < -0.4 is 0 Å². The Morgan fingerprint density at radius 3 is 1.84 bits per heavy atom. The highest BCUT2D eigenvalue weighted by Gasteiger charge is 2.17. The lowest BCUT2D eigenvalue weighted by molar-refractivity contribution is 0.994. The fraction of sp³-hybridized carbons (Fsp3) is 0.0526.